The molecule has 0 bridgehead atoms. The zero-order chi connectivity index (χ0) is 14.6. The zero-order valence-electron chi connectivity index (χ0n) is 12.4. The minimum absolute atomic E-state index is 0.281. The van der Waals surface area contributed by atoms with E-state index in [1.807, 2.05) is 24.3 Å². The molecule has 0 aliphatic carbocycles. The summed E-state index contributed by atoms with van der Waals surface area (Å²) in [5, 5.41) is 8.53. The van der Waals surface area contributed by atoms with Crippen molar-refractivity contribution in [1.29, 1.82) is 0 Å². The lowest BCUT2D eigenvalue weighted by Crippen LogP contribution is -2.09. The molecule has 0 spiro atoms. The number of hydrogen-bond acceptors (Lipinski definition) is 2. The van der Waals surface area contributed by atoms with Crippen molar-refractivity contribution < 1.29 is 14.6 Å². The Labute approximate surface area is 122 Å². The van der Waals surface area contributed by atoms with E-state index in [9.17, 15) is 4.79 Å². The Balaban J connectivity index is 2.13. The first-order valence-electron chi connectivity index (χ1n) is 7.66. The van der Waals surface area contributed by atoms with Crippen LogP contribution in [-0.2, 0) is 11.2 Å². The normalized spacial score (nSPS) is 10.4. The van der Waals surface area contributed by atoms with Crippen molar-refractivity contribution in [2.24, 2.45) is 0 Å². The molecule has 3 nitrogen and oxygen atoms in total. The summed E-state index contributed by atoms with van der Waals surface area (Å²) in [6.07, 6.45) is 10.3. The molecule has 1 aromatic rings. The number of hydrogen-bond donors (Lipinski definition) is 1. The van der Waals surface area contributed by atoms with Gasteiger partial charge in [-0.1, -0.05) is 57.6 Å². The van der Waals surface area contributed by atoms with Crippen LogP contribution in [-0.4, -0.2) is 17.7 Å². The standard InChI is InChI=1S/C17H26O3/c1-2-3-4-5-6-7-8-9-15-10-12-16(13-11-15)20-14-17(18)19/h10-13H,2-9,14H2,1H3,(H,18,19). The summed E-state index contributed by atoms with van der Waals surface area (Å²) in [5.74, 6) is -0.326. The molecule has 0 amide bonds. The van der Waals surface area contributed by atoms with E-state index in [1.54, 1.807) is 0 Å². The predicted octanol–water partition coefficient (Wildman–Crippen LogP) is 4.44. The van der Waals surface area contributed by atoms with Crippen molar-refractivity contribution >= 4 is 5.97 Å². The smallest absolute Gasteiger partial charge is 0.341 e. The zero-order valence-corrected chi connectivity index (χ0v) is 12.4. The molecule has 1 rings (SSSR count). The second-order valence-electron chi connectivity index (χ2n) is 5.20. The Bertz CT molecular complexity index is 370. The second-order valence-corrected chi connectivity index (χ2v) is 5.20. The highest BCUT2D eigenvalue weighted by Crippen LogP contribution is 2.15. The van der Waals surface area contributed by atoms with Crippen molar-refractivity contribution in [3.05, 3.63) is 29.8 Å². The van der Waals surface area contributed by atoms with E-state index in [1.165, 1.54) is 50.5 Å². The van der Waals surface area contributed by atoms with Gasteiger partial charge in [-0.3, -0.25) is 0 Å². The van der Waals surface area contributed by atoms with Gasteiger partial charge in [-0.15, -0.1) is 0 Å². The first kappa shape index (κ1) is 16.5. The van der Waals surface area contributed by atoms with E-state index < -0.39 is 5.97 Å². The van der Waals surface area contributed by atoms with Crippen LogP contribution >= 0.6 is 0 Å². The molecule has 0 aliphatic rings. The van der Waals surface area contributed by atoms with Gasteiger partial charge in [0.05, 0.1) is 0 Å². The lowest BCUT2D eigenvalue weighted by atomic mass is 10.0. The van der Waals surface area contributed by atoms with E-state index in [-0.39, 0.29) is 6.61 Å². The minimum atomic E-state index is -0.947. The minimum Gasteiger partial charge on any atom is -0.482 e. The van der Waals surface area contributed by atoms with Gasteiger partial charge in [0.2, 0.25) is 0 Å². The third-order valence-corrected chi connectivity index (χ3v) is 3.35. The molecule has 1 N–H and O–H groups in total. The maximum absolute atomic E-state index is 10.4. The van der Waals surface area contributed by atoms with Crippen molar-refractivity contribution in [1.82, 2.24) is 0 Å². The van der Waals surface area contributed by atoms with Crippen LogP contribution in [0.15, 0.2) is 24.3 Å². The fourth-order valence-corrected chi connectivity index (χ4v) is 2.18. The van der Waals surface area contributed by atoms with Crippen LogP contribution < -0.4 is 4.74 Å². The molecule has 0 atom stereocenters. The quantitative estimate of drug-likeness (QED) is 0.608. The number of rotatable bonds is 11. The lowest BCUT2D eigenvalue weighted by molar-refractivity contribution is -0.139. The number of unbranched alkanes of at least 4 members (excludes halogenated alkanes) is 6. The number of carboxylic acid groups (broad SMARTS) is 1. The van der Waals surface area contributed by atoms with E-state index in [0.717, 1.165) is 6.42 Å². The number of carbonyl (C=O) groups is 1. The molecule has 20 heavy (non-hydrogen) atoms. The fraction of sp³-hybridized carbons (Fsp3) is 0.588. The average Bonchev–Trinajstić information content (AvgIpc) is 2.45. The van der Waals surface area contributed by atoms with Gasteiger partial charge in [-0.2, -0.15) is 0 Å². The molecule has 0 heterocycles. The molecular weight excluding hydrogens is 252 g/mol. The van der Waals surface area contributed by atoms with E-state index in [2.05, 4.69) is 6.92 Å². The van der Waals surface area contributed by atoms with E-state index in [4.69, 9.17) is 9.84 Å². The predicted molar refractivity (Wildman–Crippen MR) is 81.3 cm³/mol. The number of ether oxygens (including phenoxy) is 1. The number of carboxylic acids is 1. The molecule has 112 valence electrons. The Morgan fingerprint density at radius 2 is 1.60 bits per heavy atom. The van der Waals surface area contributed by atoms with Crippen molar-refractivity contribution in [3.8, 4) is 5.75 Å². The number of aliphatic carboxylic acids is 1. The number of benzene rings is 1. The van der Waals surface area contributed by atoms with Crippen LogP contribution in [0.4, 0.5) is 0 Å². The Kier molecular flexibility index (Phi) is 8.52. The summed E-state index contributed by atoms with van der Waals surface area (Å²) in [5.41, 5.74) is 1.29. The molecule has 1 aromatic carbocycles. The van der Waals surface area contributed by atoms with Crippen LogP contribution in [0.2, 0.25) is 0 Å². The third kappa shape index (κ3) is 7.82. The van der Waals surface area contributed by atoms with Crippen molar-refractivity contribution in [2.75, 3.05) is 6.61 Å². The Hall–Kier alpha value is -1.51. The van der Waals surface area contributed by atoms with Gasteiger partial charge in [0, 0.05) is 0 Å². The highest BCUT2D eigenvalue weighted by molar-refractivity contribution is 5.68. The van der Waals surface area contributed by atoms with Gasteiger partial charge < -0.3 is 9.84 Å². The van der Waals surface area contributed by atoms with Crippen LogP contribution in [0.5, 0.6) is 5.75 Å². The summed E-state index contributed by atoms with van der Waals surface area (Å²) in [4.78, 5) is 10.4. The number of aryl methyl sites for hydroxylation is 1. The van der Waals surface area contributed by atoms with Crippen LogP contribution in [0.1, 0.15) is 57.4 Å². The van der Waals surface area contributed by atoms with Crippen LogP contribution in [0, 0.1) is 0 Å². The molecular formula is C17H26O3. The maximum atomic E-state index is 10.4. The highest BCUT2D eigenvalue weighted by atomic mass is 16.5. The maximum Gasteiger partial charge on any atom is 0.341 e. The SMILES string of the molecule is CCCCCCCCCc1ccc(OCC(=O)O)cc1. The molecule has 0 saturated heterocycles. The molecule has 3 heteroatoms. The Morgan fingerprint density at radius 3 is 2.20 bits per heavy atom. The summed E-state index contributed by atoms with van der Waals surface area (Å²) >= 11 is 0. The first-order valence-corrected chi connectivity index (χ1v) is 7.66. The van der Waals surface area contributed by atoms with Crippen LogP contribution in [0.3, 0.4) is 0 Å². The van der Waals surface area contributed by atoms with Gasteiger partial charge in [-0.05, 0) is 30.5 Å². The molecule has 0 radical (unpaired) electrons. The monoisotopic (exact) mass is 278 g/mol. The fourth-order valence-electron chi connectivity index (χ4n) is 2.18. The van der Waals surface area contributed by atoms with Gasteiger partial charge in [-0.25, -0.2) is 4.79 Å². The van der Waals surface area contributed by atoms with E-state index in [0.29, 0.717) is 5.75 Å². The summed E-state index contributed by atoms with van der Waals surface area (Å²) in [6, 6.07) is 7.74. The second kappa shape index (κ2) is 10.3. The van der Waals surface area contributed by atoms with Crippen molar-refractivity contribution in [2.45, 2.75) is 58.3 Å². The molecule has 0 aliphatic heterocycles. The van der Waals surface area contributed by atoms with Gasteiger partial charge >= 0.3 is 5.97 Å². The van der Waals surface area contributed by atoms with Gasteiger partial charge in [0.1, 0.15) is 5.75 Å². The Morgan fingerprint density at radius 1 is 1.00 bits per heavy atom. The van der Waals surface area contributed by atoms with Crippen molar-refractivity contribution in [3.63, 3.8) is 0 Å². The lowest BCUT2D eigenvalue weighted by Gasteiger charge is -2.05. The van der Waals surface area contributed by atoms with Crippen LogP contribution in [0.25, 0.3) is 0 Å². The summed E-state index contributed by atoms with van der Waals surface area (Å²) in [6.45, 7) is 1.96. The highest BCUT2D eigenvalue weighted by Gasteiger charge is 1.99. The molecule has 0 fully saturated rings. The average molecular weight is 278 g/mol. The molecule has 0 saturated carbocycles. The molecule has 0 unspecified atom stereocenters. The largest absolute Gasteiger partial charge is 0.482 e. The van der Waals surface area contributed by atoms with Gasteiger partial charge in [0.15, 0.2) is 6.61 Å². The first-order chi connectivity index (χ1) is 9.72. The summed E-state index contributed by atoms with van der Waals surface area (Å²) in [7, 11) is 0. The van der Waals surface area contributed by atoms with E-state index >= 15 is 0 Å². The van der Waals surface area contributed by atoms with Gasteiger partial charge in [0.25, 0.3) is 0 Å². The topological polar surface area (TPSA) is 46.5 Å². The molecule has 0 aromatic heterocycles. The third-order valence-electron chi connectivity index (χ3n) is 3.35. The summed E-state index contributed by atoms with van der Waals surface area (Å²) < 4.78 is 5.10.